The van der Waals surface area contributed by atoms with Crippen LogP contribution in [0.2, 0.25) is 0 Å². The minimum Gasteiger partial charge on any atom is -0.480 e. The highest BCUT2D eigenvalue weighted by atomic mass is 31.2. The first kappa shape index (κ1) is 56.5. The maximum atomic E-state index is 12.6. The maximum absolute atomic E-state index is 12.6. The Morgan fingerprint density at radius 1 is 0.466 bits per heavy atom. The van der Waals surface area contributed by atoms with E-state index in [9.17, 15) is 23.8 Å². The van der Waals surface area contributed by atoms with Gasteiger partial charge in [0, 0.05) is 12.8 Å². The van der Waals surface area contributed by atoms with Crippen molar-refractivity contribution in [3.8, 4) is 0 Å². The van der Waals surface area contributed by atoms with Crippen molar-refractivity contribution in [2.24, 2.45) is 5.73 Å². The number of carboxylic acid groups (broad SMARTS) is 1. The van der Waals surface area contributed by atoms with E-state index in [1.165, 1.54) is 167 Å². The Labute approximate surface area is 355 Å². The Bertz CT molecular complexity index is 1000. The van der Waals surface area contributed by atoms with E-state index >= 15 is 0 Å². The second-order valence-electron chi connectivity index (χ2n) is 16.6. The molecule has 0 heterocycles. The number of carbonyl (C=O) groups excluding carboxylic acids is 2. The van der Waals surface area contributed by atoms with Crippen molar-refractivity contribution < 1.29 is 47.5 Å². The summed E-state index contributed by atoms with van der Waals surface area (Å²) in [5, 5.41) is 8.90. The molecule has 0 saturated carbocycles. The Morgan fingerprint density at radius 3 is 1.09 bits per heavy atom. The minimum atomic E-state index is -4.71. The van der Waals surface area contributed by atoms with E-state index in [1.807, 2.05) is 0 Å². The lowest BCUT2D eigenvalue weighted by Gasteiger charge is -2.20. The fraction of sp³-hybridized carbons (Fsp3) is 0.935. The van der Waals surface area contributed by atoms with Crippen molar-refractivity contribution in [3.05, 3.63) is 0 Å². The van der Waals surface area contributed by atoms with Crippen LogP contribution in [0.15, 0.2) is 0 Å². The normalized spacial score (nSPS) is 13.6. The van der Waals surface area contributed by atoms with E-state index in [2.05, 4.69) is 18.4 Å². The van der Waals surface area contributed by atoms with Crippen molar-refractivity contribution in [2.75, 3.05) is 19.8 Å². The van der Waals surface area contributed by atoms with Gasteiger partial charge in [0.15, 0.2) is 6.10 Å². The summed E-state index contributed by atoms with van der Waals surface area (Å²) in [6.45, 7) is 2.85. The number of ether oxygens (including phenoxy) is 2. The molecular formula is C46H90NO10P. The molecule has 4 N–H and O–H groups in total. The molecule has 0 aromatic heterocycles. The summed E-state index contributed by atoms with van der Waals surface area (Å²) in [7, 11) is -4.71. The molecule has 12 heteroatoms. The molecule has 0 saturated heterocycles. The molecule has 0 aliphatic rings. The molecule has 0 aromatic carbocycles. The molecule has 0 bridgehead atoms. The second-order valence-corrected chi connectivity index (χ2v) is 18.1. The molecule has 0 aliphatic heterocycles. The molecule has 0 fully saturated rings. The number of nitrogens with two attached hydrogens (primary N) is 1. The van der Waals surface area contributed by atoms with E-state index in [1.54, 1.807) is 0 Å². The van der Waals surface area contributed by atoms with Gasteiger partial charge in [-0.25, -0.2) is 4.57 Å². The highest BCUT2D eigenvalue weighted by Crippen LogP contribution is 2.43. The third-order valence-corrected chi connectivity index (χ3v) is 11.8. The molecule has 3 atom stereocenters. The Hall–Kier alpha value is -1.52. The van der Waals surface area contributed by atoms with Gasteiger partial charge >= 0.3 is 25.7 Å². The molecular weight excluding hydrogens is 757 g/mol. The minimum absolute atomic E-state index is 0.169. The fourth-order valence-electron chi connectivity index (χ4n) is 7.07. The number of hydrogen-bond donors (Lipinski definition) is 3. The van der Waals surface area contributed by atoms with Crippen molar-refractivity contribution in [2.45, 2.75) is 257 Å². The second kappa shape index (κ2) is 42.2. The van der Waals surface area contributed by atoms with Gasteiger partial charge in [-0.3, -0.25) is 23.4 Å². The topological polar surface area (TPSA) is 172 Å². The van der Waals surface area contributed by atoms with E-state index in [4.69, 9.17) is 24.8 Å². The summed E-state index contributed by atoms with van der Waals surface area (Å²) in [5.41, 5.74) is 5.34. The van der Waals surface area contributed by atoms with Crippen molar-refractivity contribution in [1.29, 1.82) is 0 Å². The largest absolute Gasteiger partial charge is 0.480 e. The number of carboxylic acids is 1. The van der Waals surface area contributed by atoms with Crippen LogP contribution in [0.1, 0.15) is 245 Å². The van der Waals surface area contributed by atoms with Crippen LogP contribution in [-0.4, -0.2) is 59.9 Å². The zero-order chi connectivity index (χ0) is 42.8. The molecule has 1 unspecified atom stereocenters. The lowest BCUT2D eigenvalue weighted by atomic mass is 10.0. The van der Waals surface area contributed by atoms with Crippen LogP contribution >= 0.6 is 7.82 Å². The number of phosphoric ester groups is 1. The van der Waals surface area contributed by atoms with Crippen LogP contribution in [0.3, 0.4) is 0 Å². The number of phosphoric acid groups is 1. The van der Waals surface area contributed by atoms with Gasteiger partial charge in [0.05, 0.1) is 13.2 Å². The third-order valence-electron chi connectivity index (χ3n) is 10.9. The molecule has 344 valence electrons. The average molecular weight is 848 g/mol. The number of aliphatic carboxylic acids is 1. The van der Waals surface area contributed by atoms with Crippen molar-refractivity contribution >= 4 is 25.7 Å². The van der Waals surface area contributed by atoms with E-state index < -0.39 is 51.1 Å². The standard InChI is InChI=1S/C46H90NO10P/c1-3-5-7-9-11-13-15-17-19-20-21-22-24-25-27-29-31-33-35-37-44(48)54-39-42(40-55-58(52,53)56-41-43(47)46(50)51)57-45(49)38-36-34-32-30-28-26-23-18-16-14-12-10-8-6-4-2/h42-43H,3-41,47H2,1-2H3,(H,50,51)(H,52,53)/t42-,43+/m1/s1. The summed E-state index contributed by atoms with van der Waals surface area (Å²) in [4.78, 5) is 46.1. The van der Waals surface area contributed by atoms with Gasteiger partial charge in [0.25, 0.3) is 0 Å². The van der Waals surface area contributed by atoms with Crippen LogP contribution in [-0.2, 0) is 37.5 Å². The van der Waals surface area contributed by atoms with Crippen LogP contribution in [0.25, 0.3) is 0 Å². The average Bonchev–Trinajstić information content (AvgIpc) is 3.20. The van der Waals surface area contributed by atoms with E-state index in [0.717, 1.165) is 38.5 Å². The smallest absolute Gasteiger partial charge is 0.472 e. The molecule has 0 amide bonds. The molecule has 11 nitrogen and oxygen atoms in total. The quantitative estimate of drug-likeness (QED) is 0.0302. The predicted octanol–water partition coefficient (Wildman–Crippen LogP) is 13.1. The monoisotopic (exact) mass is 848 g/mol. The van der Waals surface area contributed by atoms with Crippen molar-refractivity contribution in [3.63, 3.8) is 0 Å². The van der Waals surface area contributed by atoms with Gasteiger partial charge < -0.3 is 25.2 Å². The SMILES string of the molecule is CCCCCCCCCCCCCCCCCCCCCC(=O)OC[C@H](COP(=O)(O)OC[C@H](N)C(=O)O)OC(=O)CCCCCCCCCCCCCCCCC. The number of esters is 2. The van der Waals surface area contributed by atoms with Gasteiger partial charge in [-0.15, -0.1) is 0 Å². The summed E-state index contributed by atoms with van der Waals surface area (Å²) < 4.78 is 32.8. The van der Waals surface area contributed by atoms with Gasteiger partial charge in [-0.1, -0.05) is 219 Å². The summed E-state index contributed by atoms with van der Waals surface area (Å²) in [5.74, 6) is -2.35. The third kappa shape index (κ3) is 41.2. The van der Waals surface area contributed by atoms with Gasteiger partial charge in [0.2, 0.25) is 0 Å². The Kier molecular flexibility index (Phi) is 41.1. The lowest BCUT2D eigenvalue weighted by Crippen LogP contribution is -2.34. The fourth-order valence-corrected chi connectivity index (χ4v) is 7.85. The maximum Gasteiger partial charge on any atom is 0.472 e. The first-order valence-corrected chi connectivity index (χ1v) is 25.6. The number of hydrogen-bond acceptors (Lipinski definition) is 9. The van der Waals surface area contributed by atoms with Gasteiger partial charge in [0.1, 0.15) is 12.6 Å². The number of rotatable bonds is 46. The first-order valence-electron chi connectivity index (χ1n) is 24.1. The molecule has 0 radical (unpaired) electrons. The highest BCUT2D eigenvalue weighted by Gasteiger charge is 2.28. The highest BCUT2D eigenvalue weighted by molar-refractivity contribution is 7.47. The zero-order valence-electron chi connectivity index (χ0n) is 37.4. The molecule has 0 aromatic rings. The summed E-state index contributed by atoms with van der Waals surface area (Å²) in [6, 6.07) is -1.52. The number of unbranched alkanes of at least 4 members (excludes halogenated alkanes) is 32. The molecule has 0 aliphatic carbocycles. The summed E-state index contributed by atoms with van der Waals surface area (Å²) >= 11 is 0. The van der Waals surface area contributed by atoms with E-state index in [-0.39, 0.29) is 19.4 Å². The Balaban J connectivity index is 4.23. The van der Waals surface area contributed by atoms with Crippen LogP contribution < -0.4 is 5.73 Å². The first-order chi connectivity index (χ1) is 28.1. The van der Waals surface area contributed by atoms with Gasteiger partial charge in [-0.05, 0) is 12.8 Å². The summed E-state index contributed by atoms with van der Waals surface area (Å²) in [6.07, 6.45) is 41.6. The number of carbonyl (C=O) groups is 3. The molecule has 58 heavy (non-hydrogen) atoms. The Morgan fingerprint density at radius 2 is 0.759 bits per heavy atom. The van der Waals surface area contributed by atoms with Crippen molar-refractivity contribution in [1.82, 2.24) is 0 Å². The van der Waals surface area contributed by atoms with Gasteiger partial charge in [-0.2, -0.15) is 0 Å². The molecule has 0 rings (SSSR count). The van der Waals surface area contributed by atoms with Crippen LogP contribution in [0.4, 0.5) is 0 Å². The van der Waals surface area contributed by atoms with Crippen LogP contribution in [0.5, 0.6) is 0 Å². The van der Waals surface area contributed by atoms with E-state index in [0.29, 0.717) is 12.8 Å². The lowest BCUT2D eigenvalue weighted by molar-refractivity contribution is -0.161. The predicted molar refractivity (Wildman–Crippen MR) is 236 cm³/mol. The zero-order valence-corrected chi connectivity index (χ0v) is 38.3. The van der Waals surface area contributed by atoms with Crippen LogP contribution in [0, 0.1) is 0 Å². The molecule has 0 spiro atoms.